The van der Waals surface area contributed by atoms with Crippen molar-refractivity contribution in [1.29, 1.82) is 0 Å². The van der Waals surface area contributed by atoms with Gasteiger partial charge in [-0.25, -0.2) is 9.37 Å². The van der Waals surface area contributed by atoms with Crippen molar-refractivity contribution >= 4 is 11.3 Å². The highest BCUT2D eigenvalue weighted by atomic mass is 32.1. The molecule has 2 aromatic rings. The van der Waals surface area contributed by atoms with E-state index in [1.165, 1.54) is 10.9 Å². The maximum atomic E-state index is 13.6. The Morgan fingerprint density at radius 2 is 2.14 bits per heavy atom. The van der Waals surface area contributed by atoms with E-state index in [0.29, 0.717) is 12.1 Å². The standard InChI is InChI=1S/C16H18FN3S/c1-12-16(21-11-19-12)10-20(2)9-14-6-13(4-3-5-18)7-15(17)8-14/h6-8,11H,5,9-10,18H2,1-2H3. The van der Waals surface area contributed by atoms with Crippen LogP contribution >= 0.6 is 11.3 Å². The molecule has 2 N–H and O–H groups in total. The molecular weight excluding hydrogens is 285 g/mol. The molecule has 0 aliphatic carbocycles. The first-order valence-electron chi connectivity index (χ1n) is 6.64. The Balaban J connectivity index is 2.08. The molecule has 3 nitrogen and oxygen atoms in total. The highest BCUT2D eigenvalue weighted by molar-refractivity contribution is 7.09. The predicted molar refractivity (Wildman–Crippen MR) is 84.4 cm³/mol. The molecule has 0 saturated carbocycles. The van der Waals surface area contributed by atoms with Gasteiger partial charge in [-0.2, -0.15) is 0 Å². The van der Waals surface area contributed by atoms with Crippen molar-refractivity contribution in [3.8, 4) is 11.8 Å². The molecule has 0 radical (unpaired) electrons. The second kappa shape index (κ2) is 7.32. The lowest BCUT2D eigenvalue weighted by molar-refractivity contribution is 0.320. The lowest BCUT2D eigenvalue weighted by atomic mass is 10.1. The number of hydrogen-bond acceptors (Lipinski definition) is 4. The van der Waals surface area contributed by atoms with E-state index in [0.717, 1.165) is 17.8 Å². The van der Waals surface area contributed by atoms with Crippen molar-refractivity contribution in [1.82, 2.24) is 9.88 Å². The van der Waals surface area contributed by atoms with E-state index in [2.05, 4.69) is 21.7 Å². The van der Waals surface area contributed by atoms with E-state index < -0.39 is 0 Å². The summed E-state index contributed by atoms with van der Waals surface area (Å²) in [7, 11) is 2.01. The number of hydrogen-bond donors (Lipinski definition) is 1. The Morgan fingerprint density at radius 1 is 1.33 bits per heavy atom. The second-order valence-electron chi connectivity index (χ2n) is 4.89. The largest absolute Gasteiger partial charge is 0.320 e. The highest BCUT2D eigenvalue weighted by Crippen LogP contribution is 2.16. The van der Waals surface area contributed by atoms with Crippen LogP contribution in [0.4, 0.5) is 4.39 Å². The summed E-state index contributed by atoms with van der Waals surface area (Å²) in [5.41, 5.74) is 9.82. The minimum atomic E-state index is -0.267. The molecule has 2 rings (SSSR count). The van der Waals surface area contributed by atoms with Crippen LogP contribution in [0.1, 0.15) is 21.7 Å². The topological polar surface area (TPSA) is 42.2 Å². The summed E-state index contributed by atoms with van der Waals surface area (Å²) in [5.74, 6) is 5.35. The second-order valence-corrected chi connectivity index (χ2v) is 5.83. The van der Waals surface area contributed by atoms with Crippen molar-refractivity contribution in [2.75, 3.05) is 13.6 Å². The van der Waals surface area contributed by atoms with Gasteiger partial charge in [-0.05, 0) is 37.7 Å². The molecule has 0 bridgehead atoms. The Morgan fingerprint density at radius 3 is 2.81 bits per heavy atom. The summed E-state index contributed by atoms with van der Waals surface area (Å²) in [6, 6.07) is 4.88. The summed E-state index contributed by atoms with van der Waals surface area (Å²) in [5, 5.41) is 0. The molecule has 0 amide bonds. The molecule has 0 aliphatic rings. The van der Waals surface area contributed by atoms with Crippen LogP contribution < -0.4 is 5.73 Å². The Bertz CT molecular complexity index is 670. The summed E-state index contributed by atoms with van der Waals surface area (Å²) in [6.45, 7) is 3.74. The minimum absolute atomic E-state index is 0.267. The quantitative estimate of drug-likeness (QED) is 0.883. The van der Waals surface area contributed by atoms with Gasteiger partial charge >= 0.3 is 0 Å². The van der Waals surface area contributed by atoms with Crippen LogP contribution in [-0.2, 0) is 13.1 Å². The highest BCUT2D eigenvalue weighted by Gasteiger charge is 2.07. The molecule has 1 aromatic carbocycles. The molecule has 1 aromatic heterocycles. The normalized spacial score (nSPS) is 10.5. The van der Waals surface area contributed by atoms with Crippen LogP contribution in [0.25, 0.3) is 0 Å². The third-order valence-electron chi connectivity index (χ3n) is 3.00. The average Bonchev–Trinajstić information content (AvgIpc) is 2.81. The molecule has 0 unspecified atom stereocenters. The lowest BCUT2D eigenvalue weighted by Gasteiger charge is -2.16. The van der Waals surface area contributed by atoms with Gasteiger partial charge in [0.2, 0.25) is 0 Å². The molecule has 21 heavy (non-hydrogen) atoms. The summed E-state index contributed by atoms with van der Waals surface area (Å²) >= 11 is 1.64. The van der Waals surface area contributed by atoms with Crippen molar-refractivity contribution in [3.63, 3.8) is 0 Å². The fraction of sp³-hybridized carbons (Fsp3) is 0.312. The third kappa shape index (κ3) is 4.64. The molecule has 0 atom stereocenters. The maximum Gasteiger partial charge on any atom is 0.124 e. The number of nitrogens with two attached hydrogens (primary N) is 1. The molecule has 0 aliphatic heterocycles. The zero-order valence-corrected chi connectivity index (χ0v) is 13.0. The van der Waals surface area contributed by atoms with Crippen molar-refractivity contribution in [2.24, 2.45) is 5.73 Å². The number of thiazole rings is 1. The van der Waals surface area contributed by atoms with Gasteiger partial charge in [0.15, 0.2) is 0 Å². The smallest absolute Gasteiger partial charge is 0.124 e. The zero-order chi connectivity index (χ0) is 15.2. The third-order valence-corrected chi connectivity index (χ3v) is 3.92. The SMILES string of the molecule is Cc1ncsc1CN(C)Cc1cc(F)cc(C#CCN)c1. The van der Waals surface area contributed by atoms with Crippen LogP contribution in [0.15, 0.2) is 23.7 Å². The molecule has 1 heterocycles. The first-order chi connectivity index (χ1) is 10.1. The van der Waals surface area contributed by atoms with Crippen molar-refractivity contribution < 1.29 is 4.39 Å². The van der Waals surface area contributed by atoms with Crippen molar-refractivity contribution in [2.45, 2.75) is 20.0 Å². The van der Waals surface area contributed by atoms with Gasteiger partial charge < -0.3 is 5.73 Å². The summed E-state index contributed by atoms with van der Waals surface area (Å²) in [6.07, 6.45) is 0. The van der Waals surface area contributed by atoms with Crippen molar-refractivity contribution in [3.05, 3.63) is 51.2 Å². The van der Waals surface area contributed by atoms with Crippen LogP contribution in [0.3, 0.4) is 0 Å². The minimum Gasteiger partial charge on any atom is -0.320 e. The van der Waals surface area contributed by atoms with Gasteiger partial charge in [0, 0.05) is 23.5 Å². The van der Waals surface area contributed by atoms with Gasteiger partial charge in [-0.15, -0.1) is 11.3 Å². The van der Waals surface area contributed by atoms with Gasteiger partial charge in [0.25, 0.3) is 0 Å². The molecule has 0 fully saturated rings. The predicted octanol–water partition coefficient (Wildman–Crippen LogP) is 2.53. The van der Waals surface area contributed by atoms with Crippen LogP contribution in [0.5, 0.6) is 0 Å². The monoisotopic (exact) mass is 303 g/mol. The number of halogens is 1. The average molecular weight is 303 g/mol. The number of aryl methyl sites for hydroxylation is 1. The van der Waals surface area contributed by atoms with Gasteiger partial charge in [0.1, 0.15) is 5.82 Å². The first-order valence-corrected chi connectivity index (χ1v) is 7.52. The van der Waals surface area contributed by atoms with E-state index >= 15 is 0 Å². The zero-order valence-electron chi connectivity index (χ0n) is 12.2. The molecule has 110 valence electrons. The van der Waals surface area contributed by atoms with Crippen LogP contribution in [0.2, 0.25) is 0 Å². The number of nitrogens with zero attached hydrogens (tertiary/aromatic N) is 2. The van der Waals surface area contributed by atoms with Crippen LogP contribution in [0, 0.1) is 24.6 Å². The molecule has 0 saturated heterocycles. The molecule has 5 heteroatoms. The summed E-state index contributed by atoms with van der Waals surface area (Å²) in [4.78, 5) is 7.61. The Kier molecular flexibility index (Phi) is 5.45. The fourth-order valence-electron chi connectivity index (χ4n) is 2.06. The summed E-state index contributed by atoms with van der Waals surface area (Å²) < 4.78 is 13.6. The number of benzene rings is 1. The Labute approximate surface area is 128 Å². The lowest BCUT2D eigenvalue weighted by Crippen LogP contribution is -2.17. The van der Waals surface area contributed by atoms with E-state index in [4.69, 9.17) is 5.73 Å². The van der Waals surface area contributed by atoms with Crippen LogP contribution in [-0.4, -0.2) is 23.5 Å². The van der Waals surface area contributed by atoms with Gasteiger partial charge in [0.05, 0.1) is 17.7 Å². The van der Waals surface area contributed by atoms with E-state index in [9.17, 15) is 4.39 Å². The van der Waals surface area contributed by atoms with Gasteiger partial charge in [-0.3, -0.25) is 4.90 Å². The maximum absolute atomic E-state index is 13.6. The van der Waals surface area contributed by atoms with E-state index in [-0.39, 0.29) is 12.4 Å². The van der Waals surface area contributed by atoms with E-state index in [1.54, 1.807) is 17.4 Å². The number of rotatable bonds is 4. The van der Waals surface area contributed by atoms with E-state index in [1.807, 2.05) is 25.5 Å². The number of aromatic nitrogens is 1. The first kappa shape index (κ1) is 15.6. The molecule has 0 spiro atoms. The fourth-order valence-corrected chi connectivity index (χ4v) is 2.91. The van der Waals surface area contributed by atoms with Gasteiger partial charge in [-0.1, -0.05) is 11.8 Å². The molecular formula is C16H18FN3S. The Hall–Kier alpha value is -1.74.